The van der Waals surface area contributed by atoms with Gasteiger partial charge in [-0.15, -0.1) is 0 Å². The van der Waals surface area contributed by atoms with Crippen molar-refractivity contribution in [3.05, 3.63) is 82.9 Å². The number of aromatic nitrogens is 1. The molecule has 2 saturated carbocycles. The zero-order valence-corrected chi connectivity index (χ0v) is 24.0. The minimum absolute atomic E-state index is 0.122. The molecule has 2 unspecified atom stereocenters. The number of nitrogens with one attached hydrogen (secondary N) is 2. The maximum atomic E-state index is 13.9. The molecular weight excluding hydrogens is 566 g/mol. The van der Waals surface area contributed by atoms with Crippen molar-refractivity contribution in [3.8, 4) is 22.6 Å². The first kappa shape index (κ1) is 30.1. The van der Waals surface area contributed by atoms with Gasteiger partial charge in [0.2, 0.25) is 5.91 Å². The predicted molar refractivity (Wildman–Crippen MR) is 152 cm³/mol. The summed E-state index contributed by atoms with van der Waals surface area (Å²) in [6, 6.07) is 8.63. The van der Waals surface area contributed by atoms with Gasteiger partial charge in [0, 0.05) is 29.4 Å². The quantitative estimate of drug-likeness (QED) is 0.235. The van der Waals surface area contributed by atoms with E-state index in [0.29, 0.717) is 35.6 Å². The van der Waals surface area contributed by atoms with Crippen molar-refractivity contribution in [2.75, 3.05) is 19.5 Å². The van der Waals surface area contributed by atoms with E-state index in [9.17, 15) is 27.2 Å². The van der Waals surface area contributed by atoms with Crippen LogP contribution >= 0.6 is 0 Å². The number of ether oxygens (including phenoxy) is 2. The van der Waals surface area contributed by atoms with Gasteiger partial charge in [-0.2, -0.15) is 13.2 Å². The van der Waals surface area contributed by atoms with Crippen LogP contribution in [0.1, 0.15) is 42.6 Å². The molecule has 1 heterocycles. The Balaban J connectivity index is 1.47. The maximum Gasteiger partial charge on any atom is 0.419 e. The zero-order chi connectivity index (χ0) is 31.1. The second-order valence-corrected chi connectivity index (χ2v) is 10.9. The topological polar surface area (TPSA) is 89.6 Å². The SMILES string of the molecule is COc1ccc(-c2ccncc2OC)cc1C(=O)N[C@@H]1C2CCC(C2=C(C)C)[C@@H]1C(=O)Nc1ccc(F)c(C(F)(F)F)c1. The van der Waals surface area contributed by atoms with Crippen molar-refractivity contribution in [1.82, 2.24) is 10.3 Å². The number of rotatable bonds is 7. The van der Waals surface area contributed by atoms with E-state index >= 15 is 0 Å². The lowest BCUT2D eigenvalue weighted by Gasteiger charge is -2.30. The summed E-state index contributed by atoms with van der Waals surface area (Å²) < 4.78 is 64.7. The minimum atomic E-state index is -4.92. The highest BCUT2D eigenvalue weighted by molar-refractivity contribution is 6.00. The average molecular weight is 598 g/mol. The molecule has 11 heteroatoms. The normalized spacial score (nSPS) is 21.0. The molecule has 5 rings (SSSR count). The van der Waals surface area contributed by atoms with Crippen molar-refractivity contribution in [2.24, 2.45) is 17.8 Å². The second-order valence-electron chi connectivity index (χ2n) is 10.9. The Kier molecular flexibility index (Phi) is 8.18. The number of nitrogens with zero attached hydrogens (tertiary/aromatic N) is 1. The molecule has 1 aromatic heterocycles. The molecule has 2 bridgehead atoms. The summed E-state index contributed by atoms with van der Waals surface area (Å²) in [7, 11) is 2.97. The maximum absolute atomic E-state index is 13.9. The lowest BCUT2D eigenvalue weighted by molar-refractivity contribution is -0.140. The molecule has 2 N–H and O–H groups in total. The fourth-order valence-corrected chi connectivity index (χ4v) is 6.58. The fraction of sp³-hybridized carbons (Fsp3) is 0.344. The third-order valence-corrected chi connectivity index (χ3v) is 8.32. The van der Waals surface area contributed by atoms with E-state index in [1.54, 1.807) is 36.7 Å². The van der Waals surface area contributed by atoms with Crippen molar-refractivity contribution < 1.29 is 36.6 Å². The number of carbonyl (C=O) groups excluding carboxylic acids is 2. The molecule has 2 amide bonds. The van der Waals surface area contributed by atoms with Crippen LogP contribution < -0.4 is 20.1 Å². The van der Waals surface area contributed by atoms with Gasteiger partial charge in [-0.25, -0.2) is 4.39 Å². The first-order valence-electron chi connectivity index (χ1n) is 13.8. The molecular formula is C32H31F4N3O4. The van der Waals surface area contributed by atoms with E-state index in [4.69, 9.17) is 9.47 Å². The Morgan fingerprint density at radius 3 is 2.35 bits per heavy atom. The van der Waals surface area contributed by atoms with Gasteiger partial charge in [0.25, 0.3) is 5.91 Å². The van der Waals surface area contributed by atoms with E-state index in [1.165, 1.54) is 14.2 Å². The molecule has 7 nitrogen and oxygen atoms in total. The lowest BCUT2D eigenvalue weighted by Crippen LogP contribution is -2.48. The number of amides is 2. The molecule has 226 valence electrons. The monoisotopic (exact) mass is 597 g/mol. The molecule has 2 fully saturated rings. The molecule has 4 atom stereocenters. The number of pyridine rings is 1. The van der Waals surface area contributed by atoms with Crippen molar-refractivity contribution in [2.45, 2.75) is 38.9 Å². The van der Waals surface area contributed by atoms with Gasteiger partial charge < -0.3 is 20.1 Å². The van der Waals surface area contributed by atoms with Crippen LogP contribution in [0.2, 0.25) is 0 Å². The van der Waals surface area contributed by atoms with Gasteiger partial charge in [-0.05, 0) is 74.6 Å². The first-order valence-corrected chi connectivity index (χ1v) is 13.8. The smallest absolute Gasteiger partial charge is 0.419 e. The minimum Gasteiger partial charge on any atom is -0.496 e. The second kappa shape index (κ2) is 11.7. The number of hydrogen-bond acceptors (Lipinski definition) is 5. The summed E-state index contributed by atoms with van der Waals surface area (Å²) >= 11 is 0. The Morgan fingerprint density at radius 2 is 1.67 bits per heavy atom. The molecule has 2 aromatic carbocycles. The van der Waals surface area contributed by atoms with Crippen LogP contribution in [0.3, 0.4) is 0 Å². The highest BCUT2D eigenvalue weighted by atomic mass is 19.4. The lowest BCUT2D eigenvalue weighted by atomic mass is 9.83. The summed E-state index contributed by atoms with van der Waals surface area (Å²) in [6.45, 7) is 3.90. The molecule has 2 aliphatic rings. The number of anilines is 1. The van der Waals surface area contributed by atoms with Gasteiger partial charge in [0.1, 0.15) is 17.3 Å². The number of allylic oxidation sites excluding steroid dienone is 1. The van der Waals surface area contributed by atoms with E-state index < -0.39 is 41.3 Å². The van der Waals surface area contributed by atoms with Gasteiger partial charge in [0.15, 0.2) is 0 Å². The average Bonchev–Trinajstić information content (AvgIpc) is 3.54. The third kappa shape index (κ3) is 5.68. The Morgan fingerprint density at radius 1 is 0.953 bits per heavy atom. The van der Waals surface area contributed by atoms with Crippen LogP contribution in [0.5, 0.6) is 11.5 Å². The number of alkyl halides is 3. The first-order chi connectivity index (χ1) is 20.4. The van der Waals surface area contributed by atoms with Crippen LogP contribution in [0.25, 0.3) is 11.1 Å². The third-order valence-electron chi connectivity index (χ3n) is 8.32. The summed E-state index contributed by atoms with van der Waals surface area (Å²) in [5, 5.41) is 5.61. The Bertz CT molecular complexity index is 1600. The number of methoxy groups -OCH3 is 2. The molecule has 2 aliphatic carbocycles. The Hall–Kier alpha value is -4.41. The van der Waals surface area contributed by atoms with Crippen molar-refractivity contribution >= 4 is 17.5 Å². The number of hydrogen-bond donors (Lipinski definition) is 2. The fourth-order valence-electron chi connectivity index (χ4n) is 6.58. The van der Waals surface area contributed by atoms with E-state index in [-0.39, 0.29) is 23.1 Å². The van der Waals surface area contributed by atoms with Crippen LogP contribution in [0.4, 0.5) is 23.2 Å². The number of fused-ring (bicyclic) bond motifs is 2. The highest BCUT2D eigenvalue weighted by Gasteiger charge is 2.55. The van der Waals surface area contributed by atoms with Gasteiger partial charge in [-0.1, -0.05) is 17.2 Å². The van der Waals surface area contributed by atoms with Gasteiger partial charge in [-0.3, -0.25) is 14.6 Å². The van der Waals surface area contributed by atoms with E-state index in [1.807, 2.05) is 13.8 Å². The molecule has 0 aliphatic heterocycles. The van der Waals surface area contributed by atoms with Gasteiger partial charge in [0.05, 0.1) is 37.5 Å². The highest BCUT2D eigenvalue weighted by Crippen LogP contribution is 2.54. The molecule has 0 saturated heterocycles. The van der Waals surface area contributed by atoms with Crippen molar-refractivity contribution in [1.29, 1.82) is 0 Å². The van der Waals surface area contributed by atoms with E-state index in [2.05, 4.69) is 15.6 Å². The van der Waals surface area contributed by atoms with Gasteiger partial charge >= 0.3 is 6.18 Å². The summed E-state index contributed by atoms with van der Waals surface area (Å²) in [5.41, 5.74) is 2.12. The van der Waals surface area contributed by atoms with Crippen LogP contribution in [-0.4, -0.2) is 37.1 Å². The van der Waals surface area contributed by atoms with Crippen LogP contribution in [0, 0.1) is 23.6 Å². The van der Waals surface area contributed by atoms with Crippen molar-refractivity contribution in [3.63, 3.8) is 0 Å². The summed E-state index contributed by atoms with van der Waals surface area (Å²) in [4.78, 5) is 31.6. The van der Waals surface area contributed by atoms with Crippen LogP contribution in [0.15, 0.2) is 66.0 Å². The number of benzene rings is 2. The summed E-state index contributed by atoms with van der Waals surface area (Å²) in [5.74, 6) is -2.65. The Labute approximate surface area is 246 Å². The molecule has 0 radical (unpaired) electrons. The largest absolute Gasteiger partial charge is 0.496 e. The van der Waals surface area contributed by atoms with Crippen LogP contribution in [-0.2, 0) is 11.0 Å². The molecule has 3 aromatic rings. The molecule has 0 spiro atoms. The number of carbonyl (C=O) groups is 2. The predicted octanol–water partition coefficient (Wildman–Crippen LogP) is 6.65. The molecule has 43 heavy (non-hydrogen) atoms. The number of halogens is 4. The summed E-state index contributed by atoms with van der Waals surface area (Å²) in [6.07, 6.45) is -0.290. The zero-order valence-electron chi connectivity index (χ0n) is 24.0. The standard InChI is InChI=1S/C32H31F4N3O4/c1-16(2)27-20-7-8-21(27)29(28(20)31(41)38-18-6-9-24(33)23(14-18)32(34,35)36)39-30(40)22-13-17(5-10-25(22)42-3)19-11-12-37-15-26(19)43-4/h5-6,9-15,20-21,28-29H,7-8H2,1-4H3,(H,38,41)(H,39,40)/t20?,21?,28-,29+/m0/s1. The van der Waals surface area contributed by atoms with E-state index in [0.717, 1.165) is 29.2 Å².